The van der Waals surface area contributed by atoms with Crippen molar-refractivity contribution in [1.29, 1.82) is 0 Å². The number of hydrogen-bond donors (Lipinski definition) is 0. The van der Waals surface area contributed by atoms with Gasteiger partial charge in [0.05, 0.1) is 12.0 Å². The Morgan fingerprint density at radius 1 is 1.06 bits per heavy atom. The highest BCUT2D eigenvalue weighted by Gasteiger charge is 2.32. The second-order valence-corrected chi connectivity index (χ2v) is 10.8. The van der Waals surface area contributed by atoms with Gasteiger partial charge in [-0.3, -0.25) is 4.79 Å². The molecule has 0 aromatic heterocycles. The Kier molecular flexibility index (Phi) is 6.08. The first-order valence-corrected chi connectivity index (χ1v) is 12.3. The Morgan fingerprint density at radius 2 is 1.81 bits per heavy atom. The van der Waals surface area contributed by atoms with E-state index in [1.165, 1.54) is 6.07 Å². The van der Waals surface area contributed by atoms with E-state index in [0.717, 1.165) is 36.3 Å². The van der Waals surface area contributed by atoms with Crippen LogP contribution in [0.4, 0.5) is 5.69 Å². The lowest BCUT2D eigenvalue weighted by Gasteiger charge is -2.34. The number of hydrogen-bond acceptors (Lipinski definition) is 4. The van der Waals surface area contributed by atoms with Crippen molar-refractivity contribution in [3.05, 3.63) is 53.6 Å². The third-order valence-corrected chi connectivity index (χ3v) is 8.03. The fourth-order valence-corrected chi connectivity index (χ4v) is 6.53. The molecular formula is C24H30N2O4S. The summed E-state index contributed by atoms with van der Waals surface area (Å²) in [7, 11) is -2.01. The number of sulfonamides is 1. The molecule has 4 rings (SSSR count). The van der Waals surface area contributed by atoms with Gasteiger partial charge in [0.25, 0.3) is 5.91 Å². The fourth-order valence-electron chi connectivity index (χ4n) is 4.81. The first-order chi connectivity index (χ1) is 14.8. The molecule has 2 atom stereocenters. The Hall–Kier alpha value is -2.38. The van der Waals surface area contributed by atoms with Gasteiger partial charge in [-0.15, -0.1) is 0 Å². The zero-order valence-corrected chi connectivity index (χ0v) is 19.2. The van der Waals surface area contributed by atoms with Gasteiger partial charge in [-0.1, -0.05) is 19.9 Å². The van der Waals surface area contributed by atoms with Crippen molar-refractivity contribution in [3.8, 4) is 5.75 Å². The average Bonchev–Trinajstić information content (AvgIpc) is 2.77. The van der Waals surface area contributed by atoms with Gasteiger partial charge in [0, 0.05) is 30.9 Å². The van der Waals surface area contributed by atoms with E-state index in [0.29, 0.717) is 37.0 Å². The number of amides is 1. The van der Waals surface area contributed by atoms with E-state index < -0.39 is 10.0 Å². The predicted molar refractivity (Wildman–Crippen MR) is 121 cm³/mol. The van der Waals surface area contributed by atoms with Gasteiger partial charge >= 0.3 is 0 Å². The predicted octanol–water partition coefficient (Wildman–Crippen LogP) is 3.95. The van der Waals surface area contributed by atoms with Crippen LogP contribution in [-0.4, -0.2) is 45.4 Å². The zero-order chi connectivity index (χ0) is 22.2. The summed E-state index contributed by atoms with van der Waals surface area (Å²) in [4.78, 5) is 15.3. The van der Waals surface area contributed by atoms with Crippen LogP contribution < -0.4 is 9.64 Å². The van der Waals surface area contributed by atoms with E-state index in [1.807, 2.05) is 18.2 Å². The van der Waals surface area contributed by atoms with Crippen molar-refractivity contribution in [2.45, 2.75) is 38.0 Å². The zero-order valence-electron chi connectivity index (χ0n) is 18.4. The number of piperidine rings is 1. The normalized spacial score (nSPS) is 22.1. The monoisotopic (exact) mass is 442 g/mol. The largest absolute Gasteiger partial charge is 0.497 e. The standard InChI is InChI=1S/C24H30N2O4S/c1-17-12-18(2)16-25(15-17)31(28,29)22-8-4-6-20(14-22)24(27)26-11-5-7-19-13-21(30-3)9-10-23(19)26/h4,6,8-10,13-14,17-18H,5,7,11-12,15-16H2,1-3H3/t17-,18-/m1/s1. The third-order valence-electron chi connectivity index (χ3n) is 6.20. The number of fused-ring (bicyclic) bond motifs is 1. The molecule has 1 amide bonds. The van der Waals surface area contributed by atoms with Crippen LogP contribution in [0.15, 0.2) is 47.4 Å². The van der Waals surface area contributed by atoms with Crippen molar-refractivity contribution in [2.75, 3.05) is 31.6 Å². The SMILES string of the molecule is COc1ccc2c(c1)CCCN2C(=O)c1cccc(S(=O)(=O)N2C[C@H](C)C[C@@H](C)C2)c1. The molecule has 31 heavy (non-hydrogen) atoms. The van der Waals surface area contributed by atoms with Crippen molar-refractivity contribution < 1.29 is 17.9 Å². The minimum Gasteiger partial charge on any atom is -0.497 e. The molecule has 0 radical (unpaired) electrons. The highest BCUT2D eigenvalue weighted by atomic mass is 32.2. The van der Waals surface area contributed by atoms with Crippen LogP contribution in [0.3, 0.4) is 0 Å². The van der Waals surface area contributed by atoms with Crippen LogP contribution >= 0.6 is 0 Å². The van der Waals surface area contributed by atoms with Crippen molar-refractivity contribution in [1.82, 2.24) is 4.31 Å². The molecule has 2 heterocycles. The quantitative estimate of drug-likeness (QED) is 0.719. The summed E-state index contributed by atoms with van der Waals surface area (Å²) in [6.45, 7) is 5.82. The van der Waals surface area contributed by atoms with Gasteiger partial charge in [-0.05, 0) is 73.1 Å². The topological polar surface area (TPSA) is 66.9 Å². The molecule has 7 heteroatoms. The lowest BCUT2D eigenvalue weighted by molar-refractivity contribution is 0.0985. The molecule has 166 valence electrons. The van der Waals surface area contributed by atoms with Gasteiger partial charge in [-0.25, -0.2) is 8.42 Å². The minimum atomic E-state index is -3.64. The molecule has 1 saturated heterocycles. The summed E-state index contributed by atoms with van der Waals surface area (Å²) in [5.41, 5.74) is 2.32. The second kappa shape index (κ2) is 8.63. The first kappa shape index (κ1) is 21.8. The number of anilines is 1. The average molecular weight is 443 g/mol. The summed E-state index contributed by atoms with van der Waals surface area (Å²) in [6.07, 6.45) is 2.77. The Labute approximate surface area is 184 Å². The Bertz CT molecular complexity index is 1070. The van der Waals surface area contributed by atoms with Gasteiger partial charge in [0.1, 0.15) is 5.75 Å². The lowest BCUT2D eigenvalue weighted by atomic mass is 9.94. The number of carbonyl (C=O) groups is 1. The van der Waals surface area contributed by atoms with Crippen LogP contribution in [0.1, 0.15) is 42.6 Å². The number of carbonyl (C=O) groups excluding carboxylic acids is 1. The molecule has 0 aliphatic carbocycles. The number of benzene rings is 2. The van der Waals surface area contributed by atoms with E-state index in [1.54, 1.807) is 34.5 Å². The summed E-state index contributed by atoms with van der Waals surface area (Å²) >= 11 is 0. The van der Waals surface area contributed by atoms with E-state index in [9.17, 15) is 13.2 Å². The second-order valence-electron chi connectivity index (χ2n) is 8.85. The molecule has 6 nitrogen and oxygen atoms in total. The highest BCUT2D eigenvalue weighted by molar-refractivity contribution is 7.89. The molecule has 2 aromatic carbocycles. The van der Waals surface area contributed by atoms with Crippen molar-refractivity contribution in [3.63, 3.8) is 0 Å². The summed E-state index contributed by atoms with van der Waals surface area (Å²) in [6, 6.07) is 12.2. The third kappa shape index (κ3) is 4.34. The lowest BCUT2D eigenvalue weighted by Crippen LogP contribution is -2.42. The summed E-state index contributed by atoms with van der Waals surface area (Å²) in [5, 5.41) is 0. The molecule has 0 N–H and O–H groups in total. The molecule has 2 aliphatic heterocycles. The molecule has 2 aromatic rings. The van der Waals surface area contributed by atoms with Crippen LogP contribution in [0.2, 0.25) is 0 Å². The summed E-state index contributed by atoms with van der Waals surface area (Å²) < 4.78 is 33.5. The molecule has 0 saturated carbocycles. The highest BCUT2D eigenvalue weighted by Crippen LogP contribution is 2.32. The van der Waals surface area contributed by atoms with Crippen molar-refractivity contribution >= 4 is 21.6 Å². The number of aryl methyl sites for hydroxylation is 1. The smallest absolute Gasteiger partial charge is 0.258 e. The summed E-state index contributed by atoms with van der Waals surface area (Å²) in [5.74, 6) is 1.24. The van der Waals surface area contributed by atoms with Crippen LogP contribution in [0.25, 0.3) is 0 Å². The maximum Gasteiger partial charge on any atom is 0.258 e. The molecule has 0 spiro atoms. The molecular weight excluding hydrogens is 412 g/mol. The van der Waals surface area contributed by atoms with E-state index in [4.69, 9.17) is 4.74 Å². The minimum absolute atomic E-state index is 0.177. The molecule has 1 fully saturated rings. The molecule has 2 aliphatic rings. The molecule has 0 unspecified atom stereocenters. The van der Waals surface area contributed by atoms with Gasteiger partial charge < -0.3 is 9.64 Å². The van der Waals surface area contributed by atoms with Crippen LogP contribution in [0, 0.1) is 11.8 Å². The number of rotatable bonds is 4. The van der Waals surface area contributed by atoms with E-state index >= 15 is 0 Å². The van der Waals surface area contributed by atoms with Gasteiger partial charge in [0.2, 0.25) is 10.0 Å². The van der Waals surface area contributed by atoms with Crippen LogP contribution in [0.5, 0.6) is 5.75 Å². The van der Waals surface area contributed by atoms with Gasteiger partial charge in [-0.2, -0.15) is 4.31 Å². The number of ether oxygens (including phenoxy) is 1. The van der Waals surface area contributed by atoms with Crippen LogP contribution in [-0.2, 0) is 16.4 Å². The maximum absolute atomic E-state index is 13.4. The van der Waals surface area contributed by atoms with Crippen molar-refractivity contribution in [2.24, 2.45) is 11.8 Å². The van der Waals surface area contributed by atoms with E-state index in [2.05, 4.69) is 13.8 Å². The molecule has 0 bridgehead atoms. The Morgan fingerprint density at radius 3 is 2.52 bits per heavy atom. The number of methoxy groups -OCH3 is 1. The fraction of sp³-hybridized carbons (Fsp3) is 0.458. The first-order valence-electron chi connectivity index (χ1n) is 10.9. The van der Waals surface area contributed by atoms with Gasteiger partial charge in [0.15, 0.2) is 0 Å². The van der Waals surface area contributed by atoms with E-state index in [-0.39, 0.29) is 10.8 Å². The number of nitrogens with zero attached hydrogens (tertiary/aromatic N) is 2. The maximum atomic E-state index is 13.4. The Balaban J connectivity index is 1.63.